The summed E-state index contributed by atoms with van der Waals surface area (Å²) in [5.74, 6) is 0.197. The summed E-state index contributed by atoms with van der Waals surface area (Å²) in [6.45, 7) is 3.56. The molecule has 0 spiro atoms. The Bertz CT molecular complexity index is 350. The minimum atomic E-state index is -0.0229. The van der Waals surface area contributed by atoms with Crippen LogP contribution >= 0.6 is 11.3 Å². The predicted octanol–water partition coefficient (Wildman–Crippen LogP) is 1.80. The highest BCUT2D eigenvalue weighted by Gasteiger charge is 2.26. The zero-order chi connectivity index (χ0) is 11.5. The molecule has 0 radical (unpaired) electrons. The van der Waals surface area contributed by atoms with Gasteiger partial charge in [-0.3, -0.25) is 4.79 Å². The van der Waals surface area contributed by atoms with Crippen LogP contribution in [0.2, 0.25) is 0 Å². The van der Waals surface area contributed by atoms with E-state index in [0.717, 1.165) is 24.3 Å². The number of nitrogens with zero attached hydrogens (tertiary/aromatic N) is 1. The summed E-state index contributed by atoms with van der Waals surface area (Å²) < 4.78 is 0. The second-order valence-electron chi connectivity index (χ2n) is 4.42. The second-order valence-corrected chi connectivity index (χ2v) is 5.40. The average molecular weight is 238 g/mol. The molecule has 1 fully saturated rings. The molecule has 3 nitrogen and oxygen atoms in total. The number of carbonyl (C=O) groups is 1. The number of hydrogen-bond donors (Lipinski definition) is 1. The van der Waals surface area contributed by atoms with Crippen molar-refractivity contribution in [1.29, 1.82) is 0 Å². The summed E-state index contributed by atoms with van der Waals surface area (Å²) in [5.41, 5.74) is 5.89. The number of carbonyl (C=O) groups excluding carboxylic acids is 1. The van der Waals surface area contributed by atoms with Crippen molar-refractivity contribution < 1.29 is 4.79 Å². The lowest BCUT2D eigenvalue weighted by atomic mass is 10.0. The van der Waals surface area contributed by atoms with Crippen molar-refractivity contribution in [2.45, 2.75) is 31.7 Å². The number of amides is 1. The number of piperidine rings is 1. The molecule has 88 valence electrons. The lowest BCUT2D eigenvalue weighted by Crippen LogP contribution is -2.46. The predicted molar refractivity (Wildman–Crippen MR) is 66.5 cm³/mol. The first-order valence-electron chi connectivity index (χ1n) is 5.76. The maximum atomic E-state index is 12.2. The molecule has 4 heteroatoms. The molecule has 2 heterocycles. The van der Waals surface area contributed by atoms with Gasteiger partial charge in [0.25, 0.3) is 0 Å². The maximum Gasteiger partial charge on any atom is 0.230 e. The van der Waals surface area contributed by atoms with Crippen LogP contribution in [0.25, 0.3) is 0 Å². The lowest BCUT2D eigenvalue weighted by molar-refractivity contribution is -0.133. The first kappa shape index (κ1) is 11.6. The Hall–Kier alpha value is -0.870. The van der Waals surface area contributed by atoms with Crippen LogP contribution in [0.3, 0.4) is 0 Å². The van der Waals surface area contributed by atoms with Gasteiger partial charge in [-0.1, -0.05) is 6.07 Å². The third kappa shape index (κ3) is 2.44. The largest absolute Gasteiger partial charge is 0.341 e. The van der Waals surface area contributed by atoms with Gasteiger partial charge in [-0.15, -0.1) is 11.3 Å². The van der Waals surface area contributed by atoms with Crippen LogP contribution in [0.5, 0.6) is 0 Å². The number of thiophene rings is 1. The molecule has 0 bridgehead atoms. The molecule has 1 saturated heterocycles. The standard InChI is InChI=1S/C12H18N2OS/c1-9(11-5-3-7-16-11)12(15)14-6-2-4-10(13)8-14/h3,5,7,9-10H,2,4,6,8,13H2,1H3. The van der Waals surface area contributed by atoms with Gasteiger partial charge in [-0.25, -0.2) is 0 Å². The minimum Gasteiger partial charge on any atom is -0.341 e. The molecule has 1 aromatic heterocycles. The summed E-state index contributed by atoms with van der Waals surface area (Å²) in [6, 6.07) is 4.18. The van der Waals surface area contributed by atoms with Gasteiger partial charge in [0, 0.05) is 24.0 Å². The molecular formula is C12H18N2OS. The minimum absolute atomic E-state index is 0.0229. The third-order valence-corrected chi connectivity index (χ3v) is 4.16. The molecule has 1 aromatic rings. The normalized spacial score (nSPS) is 23.1. The Labute approximate surface area is 100 Å². The van der Waals surface area contributed by atoms with E-state index in [-0.39, 0.29) is 17.9 Å². The summed E-state index contributed by atoms with van der Waals surface area (Å²) in [6.07, 6.45) is 2.07. The van der Waals surface area contributed by atoms with E-state index in [9.17, 15) is 4.79 Å². The Morgan fingerprint density at radius 1 is 1.69 bits per heavy atom. The Kier molecular flexibility index (Phi) is 3.61. The maximum absolute atomic E-state index is 12.2. The summed E-state index contributed by atoms with van der Waals surface area (Å²) in [4.78, 5) is 15.3. The van der Waals surface area contributed by atoms with Crippen LogP contribution in [0, 0.1) is 0 Å². The van der Waals surface area contributed by atoms with Crippen molar-refractivity contribution in [3.63, 3.8) is 0 Å². The fourth-order valence-electron chi connectivity index (χ4n) is 2.14. The van der Waals surface area contributed by atoms with Crippen molar-refractivity contribution in [3.05, 3.63) is 22.4 Å². The van der Waals surface area contributed by atoms with Gasteiger partial charge in [-0.2, -0.15) is 0 Å². The van der Waals surface area contributed by atoms with Crippen LogP contribution in [-0.4, -0.2) is 29.9 Å². The van der Waals surface area contributed by atoms with Crippen molar-refractivity contribution in [3.8, 4) is 0 Å². The topological polar surface area (TPSA) is 46.3 Å². The monoisotopic (exact) mass is 238 g/mol. The second kappa shape index (κ2) is 4.97. The molecule has 16 heavy (non-hydrogen) atoms. The molecule has 0 aromatic carbocycles. The van der Waals surface area contributed by atoms with Crippen LogP contribution < -0.4 is 5.73 Å². The van der Waals surface area contributed by atoms with Gasteiger partial charge in [0.1, 0.15) is 0 Å². The van der Waals surface area contributed by atoms with Crippen LogP contribution in [-0.2, 0) is 4.79 Å². The van der Waals surface area contributed by atoms with E-state index in [0.29, 0.717) is 6.54 Å². The molecular weight excluding hydrogens is 220 g/mol. The van der Waals surface area contributed by atoms with Gasteiger partial charge < -0.3 is 10.6 Å². The molecule has 1 aliphatic rings. The highest BCUT2D eigenvalue weighted by atomic mass is 32.1. The van der Waals surface area contributed by atoms with Gasteiger partial charge in [0.2, 0.25) is 5.91 Å². The number of hydrogen-bond acceptors (Lipinski definition) is 3. The van der Waals surface area contributed by atoms with E-state index in [1.165, 1.54) is 0 Å². The van der Waals surface area contributed by atoms with Gasteiger partial charge >= 0.3 is 0 Å². The number of nitrogens with two attached hydrogens (primary N) is 1. The third-order valence-electron chi connectivity index (χ3n) is 3.11. The van der Waals surface area contributed by atoms with Crippen LogP contribution in [0.1, 0.15) is 30.6 Å². The van der Waals surface area contributed by atoms with Crippen LogP contribution in [0.4, 0.5) is 0 Å². The summed E-state index contributed by atoms with van der Waals surface area (Å²) in [5, 5.41) is 2.01. The first-order chi connectivity index (χ1) is 7.68. The number of likely N-dealkylation sites (tertiary alicyclic amines) is 1. The average Bonchev–Trinajstić information content (AvgIpc) is 2.80. The van der Waals surface area contributed by atoms with Crippen molar-refractivity contribution >= 4 is 17.2 Å². The van der Waals surface area contributed by atoms with E-state index in [1.807, 2.05) is 29.3 Å². The Morgan fingerprint density at radius 2 is 2.50 bits per heavy atom. The molecule has 1 amide bonds. The smallest absolute Gasteiger partial charge is 0.230 e. The van der Waals surface area contributed by atoms with E-state index in [4.69, 9.17) is 5.73 Å². The van der Waals surface area contributed by atoms with E-state index in [2.05, 4.69) is 0 Å². The molecule has 2 rings (SSSR count). The van der Waals surface area contributed by atoms with Crippen LogP contribution in [0.15, 0.2) is 17.5 Å². The summed E-state index contributed by atoms with van der Waals surface area (Å²) >= 11 is 1.65. The zero-order valence-corrected chi connectivity index (χ0v) is 10.4. The quantitative estimate of drug-likeness (QED) is 0.854. The SMILES string of the molecule is CC(C(=O)N1CCCC(N)C1)c1cccs1. The Morgan fingerprint density at radius 3 is 3.12 bits per heavy atom. The van der Waals surface area contributed by atoms with Gasteiger partial charge in [0.05, 0.1) is 5.92 Å². The molecule has 2 atom stereocenters. The zero-order valence-electron chi connectivity index (χ0n) is 9.56. The van der Waals surface area contributed by atoms with Crippen molar-refractivity contribution in [2.75, 3.05) is 13.1 Å². The fraction of sp³-hybridized carbons (Fsp3) is 0.583. The molecule has 2 N–H and O–H groups in total. The number of rotatable bonds is 2. The molecule has 0 saturated carbocycles. The highest BCUT2D eigenvalue weighted by molar-refractivity contribution is 7.10. The van der Waals surface area contributed by atoms with Gasteiger partial charge in [0.15, 0.2) is 0 Å². The lowest BCUT2D eigenvalue weighted by Gasteiger charge is -2.32. The van der Waals surface area contributed by atoms with Gasteiger partial charge in [-0.05, 0) is 31.2 Å². The molecule has 1 aliphatic heterocycles. The molecule has 2 unspecified atom stereocenters. The van der Waals surface area contributed by atoms with Crippen molar-refractivity contribution in [1.82, 2.24) is 4.90 Å². The summed E-state index contributed by atoms with van der Waals surface area (Å²) in [7, 11) is 0. The fourth-order valence-corrected chi connectivity index (χ4v) is 2.92. The Balaban J connectivity index is 2.01. The van der Waals surface area contributed by atoms with E-state index >= 15 is 0 Å². The van der Waals surface area contributed by atoms with E-state index < -0.39 is 0 Å². The highest BCUT2D eigenvalue weighted by Crippen LogP contribution is 2.24. The first-order valence-corrected chi connectivity index (χ1v) is 6.64. The van der Waals surface area contributed by atoms with E-state index in [1.54, 1.807) is 11.3 Å². The molecule has 0 aliphatic carbocycles. The van der Waals surface area contributed by atoms with Crippen molar-refractivity contribution in [2.24, 2.45) is 5.73 Å².